The van der Waals surface area contributed by atoms with E-state index in [1.807, 2.05) is 41.1 Å². The van der Waals surface area contributed by atoms with Gasteiger partial charge in [0, 0.05) is 18.0 Å². The molecule has 0 fully saturated rings. The van der Waals surface area contributed by atoms with Crippen LogP contribution in [0.5, 0.6) is 0 Å². The van der Waals surface area contributed by atoms with Crippen LogP contribution in [0.2, 0.25) is 5.02 Å². The van der Waals surface area contributed by atoms with Crippen LogP contribution in [-0.2, 0) is 0 Å². The minimum absolute atomic E-state index is 0. The number of imidazole rings is 1. The maximum Gasteiger partial charge on any atom is 0.137 e. The first-order chi connectivity index (χ1) is 8.24. The van der Waals surface area contributed by atoms with Gasteiger partial charge in [0.1, 0.15) is 5.65 Å². The number of hydrogen-bond donors (Lipinski definition) is 0. The molecule has 0 aliphatic carbocycles. The van der Waals surface area contributed by atoms with Crippen LogP contribution in [0.1, 0.15) is 5.56 Å². The van der Waals surface area contributed by atoms with Crippen LogP contribution in [0, 0.1) is 6.92 Å². The van der Waals surface area contributed by atoms with E-state index in [-0.39, 0.29) is 24.0 Å². The number of nitrogens with zero attached hydrogens (tertiary/aromatic N) is 2. The van der Waals surface area contributed by atoms with Crippen LogP contribution < -0.4 is 24.0 Å². The zero-order valence-corrected chi connectivity index (χ0v) is 12.7. The Morgan fingerprint density at radius 1 is 1.17 bits per heavy atom. The lowest BCUT2D eigenvalue weighted by molar-refractivity contribution is -0.00000343. The van der Waals surface area contributed by atoms with E-state index in [9.17, 15) is 0 Å². The van der Waals surface area contributed by atoms with Crippen LogP contribution in [0.3, 0.4) is 0 Å². The Balaban J connectivity index is 0.00000120. The van der Waals surface area contributed by atoms with Gasteiger partial charge in [-0.05, 0) is 30.7 Å². The van der Waals surface area contributed by atoms with Crippen molar-refractivity contribution in [2.24, 2.45) is 0 Å². The average molecular weight is 370 g/mol. The first kappa shape index (κ1) is 13.4. The van der Waals surface area contributed by atoms with Gasteiger partial charge in [0.05, 0.1) is 10.7 Å². The van der Waals surface area contributed by atoms with Crippen molar-refractivity contribution >= 4 is 17.2 Å². The number of rotatable bonds is 1. The maximum absolute atomic E-state index is 6.17. The predicted molar refractivity (Wildman–Crippen MR) is 70.4 cm³/mol. The van der Waals surface area contributed by atoms with E-state index < -0.39 is 0 Å². The van der Waals surface area contributed by atoms with Crippen molar-refractivity contribution in [3.63, 3.8) is 0 Å². The van der Waals surface area contributed by atoms with Crippen molar-refractivity contribution in [2.45, 2.75) is 6.92 Å². The summed E-state index contributed by atoms with van der Waals surface area (Å²) in [5.74, 6) is 0. The lowest BCUT2D eigenvalue weighted by Crippen LogP contribution is -3.00. The third kappa shape index (κ3) is 2.37. The second-order valence-corrected chi connectivity index (χ2v) is 4.48. The lowest BCUT2D eigenvalue weighted by atomic mass is 10.2. The van der Waals surface area contributed by atoms with Gasteiger partial charge in [-0.25, -0.2) is 4.98 Å². The first-order valence-corrected chi connectivity index (χ1v) is 5.82. The molecule has 2 heterocycles. The number of aryl methyl sites for hydroxylation is 1. The van der Waals surface area contributed by atoms with Crippen molar-refractivity contribution < 1.29 is 24.0 Å². The van der Waals surface area contributed by atoms with Gasteiger partial charge in [0.2, 0.25) is 0 Å². The van der Waals surface area contributed by atoms with Crippen LogP contribution >= 0.6 is 11.6 Å². The summed E-state index contributed by atoms with van der Waals surface area (Å²) in [4.78, 5) is 4.58. The molecule has 4 heteroatoms. The highest BCUT2D eigenvalue weighted by Gasteiger charge is 2.07. The van der Waals surface area contributed by atoms with Gasteiger partial charge in [-0.15, -0.1) is 0 Å². The Bertz CT molecular complexity index is 691. The standard InChI is InChI=1S/C14H11ClN2.HI/c1-10-6-7-17-9-13(16-14(17)8-10)11-4-2-3-5-12(11)15;/h2-9H,1H3;1H/p-1. The highest BCUT2D eigenvalue weighted by Crippen LogP contribution is 2.26. The summed E-state index contributed by atoms with van der Waals surface area (Å²) < 4.78 is 2.01. The molecule has 2 aromatic heterocycles. The number of aromatic nitrogens is 2. The molecule has 0 atom stereocenters. The number of pyridine rings is 1. The van der Waals surface area contributed by atoms with Gasteiger partial charge < -0.3 is 28.4 Å². The van der Waals surface area contributed by atoms with Crippen LogP contribution in [0.4, 0.5) is 0 Å². The Labute approximate surface area is 128 Å². The summed E-state index contributed by atoms with van der Waals surface area (Å²) in [7, 11) is 0. The molecule has 3 rings (SSSR count). The summed E-state index contributed by atoms with van der Waals surface area (Å²) in [5, 5.41) is 0.729. The number of halogens is 2. The van der Waals surface area contributed by atoms with E-state index in [0.717, 1.165) is 21.9 Å². The Hall–Kier alpha value is -1.07. The molecular formula is C14H11ClIN2-. The summed E-state index contributed by atoms with van der Waals surface area (Å²) in [6.45, 7) is 2.06. The van der Waals surface area contributed by atoms with Gasteiger partial charge in [-0.1, -0.05) is 29.8 Å². The molecule has 0 aliphatic rings. The maximum atomic E-state index is 6.17. The lowest BCUT2D eigenvalue weighted by Gasteiger charge is -1.97. The fraction of sp³-hybridized carbons (Fsp3) is 0.0714. The van der Waals surface area contributed by atoms with Gasteiger partial charge in [0.25, 0.3) is 0 Å². The van der Waals surface area contributed by atoms with Crippen molar-refractivity contribution in [3.05, 3.63) is 59.4 Å². The second kappa shape index (κ2) is 5.28. The van der Waals surface area contributed by atoms with Crippen LogP contribution in [-0.4, -0.2) is 9.38 Å². The molecule has 0 amide bonds. The van der Waals surface area contributed by atoms with Gasteiger partial charge >= 0.3 is 0 Å². The average Bonchev–Trinajstić information content (AvgIpc) is 2.72. The first-order valence-electron chi connectivity index (χ1n) is 5.44. The van der Waals surface area contributed by atoms with Crippen molar-refractivity contribution in [1.82, 2.24) is 9.38 Å². The summed E-state index contributed by atoms with van der Waals surface area (Å²) in [5.41, 5.74) is 4.02. The zero-order valence-electron chi connectivity index (χ0n) is 9.77. The summed E-state index contributed by atoms with van der Waals surface area (Å²) >= 11 is 6.17. The molecule has 3 aromatic rings. The van der Waals surface area contributed by atoms with Crippen molar-refractivity contribution in [1.29, 1.82) is 0 Å². The van der Waals surface area contributed by atoms with Crippen LogP contribution in [0.15, 0.2) is 48.8 Å². The molecule has 2 nitrogen and oxygen atoms in total. The molecule has 1 aromatic carbocycles. The molecule has 0 spiro atoms. The molecule has 92 valence electrons. The minimum Gasteiger partial charge on any atom is -1.00 e. The third-order valence-corrected chi connectivity index (χ3v) is 3.10. The highest BCUT2D eigenvalue weighted by molar-refractivity contribution is 6.33. The third-order valence-electron chi connectivity index (χ3n) is 2.77. The number of benzene rings is 1. The topological polar surface area (TPSA) is 17.3 Å². The normalized spacial score (nSPS) is 10.3. The molecule has 0 bridgehead atoms. The molecule has 0 unspecified atom stereocenters. The zero-order chi connectivity index (χ0) is 11.8. The van der Waals surface area contributed by atoms with Crippen molar-refractivity contribution in [2.75, 3.05) is 0 Å². The molecule has 0 saturated heterocycles. The Kier molecular flexibility index (Phi) is 3.92. The van der Waals surface area contributed by atoms with Crippen molar-refractivity contribution in [3.8, 4) is 11.3 Å². The van der Waals surface area contributed by atoms with E-state index in [4.69, 9.17) is 11.6 Å². The molecule has 18 heavy (non-hydrogen) atoms. The van der Waals surface area contributed by atoms with E-state index in [1.165, 1.54) is 5.56 Å². The molecule has 0 aliphatic heterocycles. The fourth-order valence-electron chi connectivity index (χ4n) is 1.88. The summed E-state index contributed by atoms with van der Waals surface area (Å²) in [6, 6.07) is 11.9. The summed E-state index contributed by atoms with van der Waals surface area (Å²) in [6.07, 6.45) is 4.01. The van der Waals surface area contributed by atoms with E-state index in [1.54, 1.807) is 0 Å². The monoisotopic (exact) mass is 369 g/mol. The fourth-order valence-corrected chi connectivity index (χ4v) is 2.11. The molecule has 0 radical (unpaired) electrons. The van der Waals surface area contributed by atoms with E-state index in [0.29, 0.717) is 0 Å². The molecule has 0 saturated carbocycles. The van der Waals surface area contributed by atoms with Gasteiger partial charge in [-0.2, -0.15) is 0 Å². The van der Waals surface area contributed by atoms with Crippen LogP contribution in [0.25, 0.3) is 16.9 Å². The number of fused-ring (bicyclic) bond motifs is 1. The smallest absolute Gasteiger partial charge is 0.137 e. The molecular weight excluding hydrogens is 359 g/mol. The quantitative estimate of drug-likeness (QED) is 0.584. The minimum atomic E-state index is 0. The Morgan fingerprint density at radius 3 is 2.72 bits per heavy atom. The van der Waals surface area contributed by atoms with E-state index >= 15 is 0 Å². The number of hydrogen-bond acceptors (Lipinski definition) is 1. The van der Waals surface area contributed by atoms with Gasteiger partial charge in [0.15, 0.2) is 0 Å². The van der Waals surface area contributed by atoms with Gasteiger partial charge in [-0.3, -0.25) is 0 Å². The van der Waals surface area contributed by atoms with E-state index in [2.05, 4.69) is 24.0 Å². The largest absolute Gasteiger partial charge is 1.00 e. The highest BCUT2D eigenvalue weighted by atomic mass is 127. The SMILES string of the molecule is Cc1ccn2cc(-c3ccccc3Cl)nc2c1.[I-]. The molecule has 0 N–H and O–H groups in total. The predicted octanol–water partition coefficient (Wildman–Crippen LogP) is 0.967. The second-order valence-electron chi connectivity index (χ2n) is 4.08. The Morgan fingerprint density at radius 2 is 1.94 bits per heavy atom.